The van der Waals surface area contributed by atoms with Gasteiger partial charge in [0.15, 0.2) is 0 Å². The normalized spacial score (nSPS) is 12.9. The number of aryl methyl sites for hydroxylation is 1. The molecule has 0 heterocycles. The van der Waals surface area contributed by atoms with Crippen molar-refractivity contribution in [2.24, 2.45) is 5.92 Å². The SMILES string of the molecule is CCC(C)C(=O)CCc1ccc(C(C)(C)c2ccccc2)cc1. The highest BCUT2D eigenvalue weighted by atomic mass is 16.1. The minimum Gasteiger partial charge on any atom is -0.299 e. The number of ketones is 1. The predicted octanol–water partition coefficient (Wildman–Crippen LogP) is 5.56. The number of Topliss-reactive ketones (excluding diaryl/α,β-unsaturated/α-hetero) is 1. The summed E-state index contributed by atoms with van der Waals surface area (Å²) in [5, 5.41) is 0. The lowest BCUT2D eigenvalue weighted by molar-refractivity contribution is -0.122. The summed E-state index contributed by atoms with van der Waals surface area (Å²) in [7, 11) is 0. The fourth-order valence-electron chi connectivity index (χ4n) is 2.85. The van der Waals surface area contributed by atoms with Crippen molar-refractivity contribution in [1.82, 2.24) is 0 Å². The average molecular weight is 308 g/mol. The van der Waals surface area contributed by atoms with E-state index in [0.717, 1.165) is 12.8 Å². The molecular weight excluding hydrogens is 280 g/mol. The van der Waals surface area contributed by atoms with Crippen LogP contribution < -0.4 is 0 Å². The van der Waals surface area contributed by atoms with Gasteiger partial charge >= 0.3 is 0 Å². The van der Waals surface area contributed by atoms with Gasteiger partial charge in [-0.05, 0) is 29.5 Å². The summed E-state index contributed by atoms with van der Waals surface area (Å²) in [6.45, 7) is 8.60. The van der Waals surface area contributed by atoms with Crippen molar-refractivity contribution in [3.05, 3.63) is 71.3 Å². The Bertz CT molecular complexity index is 623. The summed E-state index contributed by atoms with van der Waals surface area (Å²) in [6.07, 6.45) is 2.43. The Labute approximate surface area is 140 Å². The van der Waals surface area contributed by atoms with Crippen LogP contribution in [0.15, 0.2) is 54.6 Å². The molecule has 0 spiro atoms. The standard InChI is InChI=1S/C22H28O/c1-5-17(2)21(23)16-13-18-11-14-20(15-12-18)22(3,4)19-9-7-6-8-10-19/h6-12,14-15,17H,5,13,16H2,1-4H3. The fourth-order valence-corrected chi connectivity index (χ4v) is 2.85. The molecule has 0 aliphatic carbocycles. The molecule has 2 aromatic rings. The first-order valence-electron chi connectivity index (χ1n) is 8.62. The summed E-state index contributed by atoms with van der Waals surface area (Å²) in [5.41, 5.74) is 3.86. The number of rotatable bonds is 7. The van der Waals surface area contributed by atoms with Crippen LogP contribution in [0.2, 0.25) is 0 Å². The third kappa shape index (κ3) is 4.31. The van der Waals surface area contributed by atoms with Crippen molar-refractivity contribution in [1.29, 1.82) is 0 Å². The monoisotopic (exact) mass is 308 g/mol. The van der Waals surface area contributed by atoms with Crippen LogP contribution in [0, 0.1) is 5.92 Å². The van der Waals surface area contributed by atoms with Gasteiger partial charge < -0.3 is 0 Å². The van der Waals surface area contributed by atoms with Gasteiger partial charge in [0.05, 0.1) is 0 Å². The molecule has 1 nitrogen and oxygen atoms in total. The maximum absolute atomic E-state index is 12.0. The second kappa shape index (κ2) is 7.59. The zero-order valence-corrected chi connectivity index (χ0v) is 14.8. The summed E-state index contributed by atoms with van der Waals surface area (Å²) in [6, 6.07) is 19.3. The molecule has 23 heavy (non-hydrogen) atoms. The third-order valence-electron chi connectivity index (χ3n) is 4.99. The predicted molar refractivity (Wildman–Crippen MR) is 97.8 cm³/mol. The smallest absolute Gasteiger partial charge is 0.136 e. The molecule has 2 aromatic carbocycles. The highest BCUT2D eigenvalue weighted by molar-refractivity contribution is 5.80. The molecular formula is C22H28O. The number of carbonyl (C=O) groups is 1. The largest absolute Gasteiger partial charge is 0.299 e. The van der Waals surface area contributed by atoms with E-state index in [0.29, 0.717) is 12.2 Å². The summed E-state index contributed by atoms with van der Waals surface area (Å²) in [5.74, 6) is 0.562. The second-order valence-electron chi connectivity index (χ2n) is 6.96. The first kappa shape index (κ1) is 17.5. The van der Waals surface area contributed by atoms with Crippen molar-refractivity contribution in [2.45, 2.75) is 52.4 Å². The van der Waals surface area contributed by atoms with Crippen LogP contribution in [0.3, 0.4) is 0 Å². The fraction of sp³-hybridized carbons (Fsp3) is 0.409. The molecule has 1 unspecified atom stereocenters. The van der Waals surface area contributed by atoms with Gasteiger partial charge in [0.1, 0.15) is 5.78 Å². The van der Waals surface area contributed by atoms with Crippen LogP contribution in [0.4, 0.5) is 0 Å². The molecule has 0 amide bonds. The molecule has 0 bridgehead atoms. The molecule has 1 atom stereocenters. The highest BCUT2D eigenvalue weighted by Gasteiger charge is 2.22. The van der Waals surface area contributed by atoms with Gasteiger partial charge in [-0.1, -0.05) is 82.3 Å². The average Bonchev–Trinajstić information content (AvgIpc) is 2.60. The third-order valence-corrected chi connectivity index (χ3v) is 4.99. The Morgan fingerprint density at radius 1 is 0.957 bits per heavy atom. The van der Waals surface area contributed by atoms with Crippen LogP contribution in [0.1, 0.15) is 57.2 Å². The van der Waals surface area contributed by atoms with Gasteiger partial charge in [0.2, 0.25) is 0 Å². The van der Waals surface area contributed by atoms with Gasteiger partial charge in [0.25, 0.3) is 0 Å². The maximum Gasteiger partial charge on any atom is 0.136 e. The van der Waals surface area contributed by atoms with Gasteiger partial charge in [0, 0.05) is 17.8 Å². The molecule has 2 rings (SSSR count). The topological polar surface area (TPSA) is 17.1 Å². The molecule has 1 heteroatoms. The molecule has 0 fully saturated rings. The van der Waals surface area contributed by atoms with E-state index in [2.05, 4.69) is 75.4 Å². The number of carbonyl (C=O) groups excluding carboxylic acids is 1. The molecule has 0 radical (unpaired) electrons. The lowest BCUT2D eigenvalue weighted by Gasteiger charge is -2.26. The van der Waals surface area contributed by atoms with E-state index in [1.165, 1.54) is 16.7 Å². The maximum atomic E-state index is 12.0. The van der Waals surface area contributed by atoms with E-state index in [1.807, 2.05) is 6.92 Å². The number of hydrogen-bond donors (Lipinski definition) is 0. The lowest BCUT2D eigenvalue weighted by Crippen LogP contribution is -2.18. The zero-order valence-electron chi connectivity index (χ0n) is 14.8. The van der Waals surface area contributed by atoms with Gasteiger partial charge in [-0.15, -0.1) is 0 Å². The van der Waals surface area contributed by atoms with E-state index in [1.54, 1.807) is 0 Å². The molecule has 0 aromatic heterocycles. The van der Waals surface area contributed by atoms with Crippen molar-refractivity contribution < 1.29 is 4.79 Å². The Morgan fingerprint density at radius 3 is 2.09 bits per heavy atom. The molecule has 0 saturated carbocycles. The molecule has 0 saturated heterocycles. The van der Waals surface area contributed by atoms with Crippen LogP contribution in [-0.4, -0.2) is 5.78 Å². The summed E-state index contributed by atoms with van der Waals surface area (Å²) in [4.78, 5) is 12.0. The molecule has 122 valence electrons. The van der Waals surface area contributed by atoms with E-state index < -0.39 is 0 Å². The summed E-state index contributed by atoms with van der Waals surface area (Å²) >= 11 is 0. The van der Waals surface area contributed by atoms with Crippen LogP contribution in [-0.2, 0) is 16.6 Å². The Balaban J connectivity index is 2.06. The molecule has 0 N–H and O–H groups in total. The van der Waals surface area contributed by atoms with Crippen LogP contribution >= 0.6 is 0 Å². The summed E-state index contributed by atoms with van der Waals surface area (Å²) < 4.78 is 0. The number of benzene rings is 2. The quantitative estimate of drug-likeness (QED) is 0.654. The van der Waals surface area contributed by atoms with Gasteiger partial charge in [-0.25, -0.2) is 0 Å². The van der Waals surface area contributed by atoms with Crippen molar-refractivity contribution >= 4 is 5.78 Å². The zero-order chi connectivity index (χ0) is 16.9. The van der Waals surface area contributed by atoms with E-state index in [-0.39, 0.29) is 11.3 Å². The van der Waals surface area contributed by atoms with E-state index >= 15 is 0 Å². The van der Waals surface area contributed by atoms with Crippen molar-refractivity contribution in [2.75, 3.05) is 0 Å². The molecule has 0 aliphatic heterocycles. The first-order chi connectivity index (χ1) is 10.9. The Hall–Kier alpha value is -1.89. The second-order valence-corrected chi connectivity index (χ2v) is 6.96. The minimum absolute atomic E-state index is 0.00761. The highest BCUT2D eigenvalue weighted by Crippen LogP contribution is 2.31. The van der Waals surface area contributed by atoms with E-state index in [4.69, 9.17) is 0 Å². The molecule has 0 aliphatic rings. The van der Waals surface area contributed by atoms with E-state index in [9.17, 15) is 4.79 Å². The van der Waals surface area contributed by atoms with Crippen LogP contribution in [0.25, 0.3) is 0 Å². The van der Waals surface area contributed by atoms with Gasteiger partial charge in [-0.2, -0.15) is 0 Å². The Morgan fingerprint density at radius 2 is 1.52 bits per heavy atom. The number of hydrogen-bond acceptors (Lipinski definition) is 1. The van der Waals surface area contributed by atoms with Crippen LogP contribution in [0.5, 0.6) is 0 Å². The van der Waals surface area contributed by atoms with Crippen molar-refractivity contribution in [3.63, 3.8) is 0 Å². The van der Waals surface area contributed by atoms with Gasteiger partial charge in [-0.3, -0.25) is 4.79 Å². The first-order valence-corrected chi connectivity index (χ1v) is 8.62. The van der Waals surface area contributed by atoms with Crippen molar-refractivity contribution in [3.8, 4) is 0 Å². The Kier molecular flexibility index (Phi) is 5.76. The minimum atomic E-state index is -0.00761. The lowest BCUT2D eigenvalue weighted by atomic mass is 9.78.